The lowest BCUT2D eigenvalue weighted by atomic mass is 10.1. The summed E-state index contributed by atoms with van der Waals surface area (Å²) in [4.78, 5) is 36.8. The van der Waals surface area contributed by atoms with Crippen LogP contribution in [0.25, 0.3) is 0 Å². The SMILES string of the molecule is CCOC(=O)c1c(NC(=O)Cn2ccccc2=O)sc(C)c1C. The number of carbonyl (C=O) groups is 2. The second-order valence-electron chi connectivity index (χ2n) is 4.92. The predicted octanol–water partition coefficient (Wildman–Crippen LogP) is 2.34. The number of carbonyl (C=O) groups excluding carboxylic acids is 2. The fourth-order valence-corrected chi connectivity index (χ4v) is 3.14. The number of esters is 1. The molecule has 0 aromatic carbocycles. The first kappa shape index (κ1) is 17.0. The molecule has 6 nitrogen and oxygen atoms in total. The summed E-state index contributed by atoms with van der Waals surface area (Å²) in [5.41, 5.74) is 0.913. The van der Waals surface area contributed by atoms with E-state index in [0.29, 0.717) is 10.6 Å². The maximum atomic E-state index is 12.2. The van der Waals surface area contributed by atoms with Crippen molar-refractivity contribution < 1.29 is 14.3 Å². The van der Waals surface area contributed by atoms with Gasteiger partial charge >= 0.3 is 5.97 Å². The molecule has 1 amide bonds. The van der Waals surface area contributed by atoms with Gasteiger partial charge in [0.05, 0.1) is 12.2 Å². The van der Waals surface area contributed by atoms with Crippen LogP contribution in [0.15, 0.2) is 29.2 Å². The Morgan fingerprint density at radius 3 is 2.70 bits per heavy atom. The van der Waals surface area contributed by atoms with Gasteiger partial charge in [0.2, 0.25) is 5.91 Å². The van der Waals surface area contributed by atoms with Crippen molar-refractivity contribution in [2.75, 3.05) is 11.9 Å². The summed E-state index contributed by atoms with van der Waals surface area (Å²) in [6, 6.07) is 4.68. The zero-order chi connectivity index (χ0) is 17.0. The van der Waals surface area contributed by atoms with E-state index < -0.39 is 5.97 Å². The van der Waals surface area contributed by atoms with Crippen molar-refractivity contribution in [1.82, 2.24) is 4.57 Å². The largest absolute Gasteiger partial charge is 0.462 e. The summed E-state index contributed by atoms with van der Waals surface area (Å²) in [5.74, 6) is -0.827. The zero-order valence-electron chi connectivity index (χ0n) is 13.2. The highest BCUT2D eigenvalue weighted by molar-refractivity contribution is 7.16. The minimum Gasteiger partial charge on any atom is -0.462 e. The number of hydrogen-bond acceptors (Lipinski definition) is 5. The normalized spacial score (nSPS) is 10.4. The molecule has 0 saturated carbocycles. The highest BCUT2D eigenvalue weighted by Crippen LogP contribution is 2.33. The summed E-state index contributed by atoms with van der Waals surface area (Å²) in [7, 11) is 0. The Balaban J connectivity index is 2.21. The molecule has 0 aliphatic carbocycles. The van der Waals surface area contributed by atoms with Crippen LogP contribution in [0.4, 0.5) is 5.00 Å². The Hall–Kier alpha value is -2.41. The van der Waals surface area contributed by atoms with E-state index in [1.165, 1.54) is 22.0 Å². The second-order valence-corrected chi connectivity index (χ2v) is 6.15. The lowest BCUT2D eigenvalue weighted by molar-refractivity contribution is -0.116. The van der Waals surface area contributed by atoms with Crippen LogP contribution in [-0.4, -0.2) is 23.1 Å². The van der Waals surface area contributed by atoms with Gasteiger partial charge in [-0.2, -0.15) is 0 Å². The van der Waals surface area contributed by atoms with Crippen LogP contribution < -0.4 is 10.9 Å². The van der Waals surface area contributed by atoms with Gasteiger partial charge in [-0.15, -0.1) is 11.3 Å². The second kappa shape index (κ2) is 7.23. The van der Waals surface area contributed by atoms with Crippen molar-refractivity contribution in [2.24, 2.45) is 0 Å². The van der Waals surface area contributed by atoms with Crippen LogP contribution in [0.1, 0.15) is 27.7 Å². The van der Waals surface area contributed by atoms with Gasteiger partial charge in [0.1, 0.15) is 11.5 Å². The molecule has 0 aliphatic heterocycles. The minimum atomic E-state index is -0.457. The lowest BCUT2D eigenvalue weighted by Gasteiger charge is -2.08. The van der Waals surface area contributed by atoms with Crippen molar-refractivity contribution in [3.05, 3.63) is 50.8 Å². The van der Waals surface area contributed by atoms with Crippen LogP contribution in [0, 0.1) is 13.8 Å². The molecule has 122 valence electrons. The highest BCUT2D eigenvalue weighted by atomic mass is 32.1. The van der Waals surface area contributed by atoms with Crippen LogP contribution >= 0.6 is 11.3 Å². The average Bonchev–Trinajstić information content (AvgIpc) is 2.76. The molecule has 0 bridgehead atoms. The molecule has 0 atom stereocenters. The number of aryl methyl sites for hydroxylation is 1. The Morgan fingerprint density at radius 2 is 2.04 bits per heavy atom. The van der Waals surface area contributed by atoms with Gasteiger partial charge in [0.25, 0.3) is 5.56 Å². The number of hydrogen-bond donors (Lipinski definition) is 1. The van der Waals surface area contributed by atoms with Crippen molar-refractivity contribution in [3.63, 3.8) is 0 Å². The lowest BCUT2D eigenvalue weighted by Crippen LogP contribution is -2.26. The quantitative estimate of drug-likeness (QED) is 0.852. The Bertz CT molecular complexity index is 792. The third-order valence-corrected chi connectivity index (χ3v) is 4.45. The summed E-state index contributed by atoms with van der Waals surface area (Å²) in [6.07, 6.45) is 1.54. The van der Waals surface area contributed by atoms with E-state index in [-0.39, 0.29) is 24.6 Å². The number of rotatable bonds is 5. The Kier molecular flexibility index (Phi) is 5.33. The standard InChI is InChI=1S/C16H18N2O4S/c1-4-22-16(21)14-10(2)11(3)23-15(14)17-12(19)9-18-8-6-5-7-13(18)20/h5-8H,4,9H2,1-3H3,(H,17,19). The highest BCUT2D eigenvalue weighted by Gasteiger charge is 2.22. The van der Waals surface area contributed by atoms with Crippen molar-refractivity contribution in [2.45, 2.75) is 27.3 Å². The minimum absolute atomic E-state index is 0.113. The molecule has 0 fully saturated rings. The first-order valence-electron chi connectivity index (χ1n) is 7.16. The number of nitrogens with one attached hydrogen (secondary N) is 1. The molecule has 2 aromatic rings. The van der Waals surface area contributed by atoms with Crippen LogP contribution in [0.2, 0.25) is 0 Å². The van der Waals surface area contributed by atoms with Crippen molar-refractivity contribution >= 4 is 28.2 Å². The monoisotopic (exact) mass is 334 g/mol. The molecule has 0 aliphatic rings. The van der Waals surface area contributed by atoms with Gasteiger partial charge in [-0.05, 0) is 32.4 Å². The Labute approximate surface area is 137 Å². The summed E-state index contributed by atoms with van der Waals surface area (Å²) in [6.45, 7) is 5.57. The summed E-state index contributed by atoms with van der Waals surface area (Å²) < 4.78 is 6.34. The van der Waals surface area contributed by atoms with E-state index in [4.69, 9.17) is 4.74 Å². The van der Waals surface area contributed by atoms with Crippen LogP contribution in [0.3, 0.4) is 0 Å². The number of nitrogens with zero attached hydrogens (tertiary/aromatic N) is 1. The molecular weight excluding hydrogens is 316 g/mol. The van der Waals surface area contributed by atoms with E-state index in [0.717, 1.165) is 10.4 Å². The average molecular weight is 334 g/mol. The third kappa shape index (κ3) is 3.87. The zero-order valence-corrected chi connectivity index (χ0v) is 14.0. The first-order chi connectivity index (χ1) is 10.9. The van der Waals surface area contributed by atoms with Gasteiger partial charge in [-0.25, -0.2) is 4.79 Å². The van der Waals surface area contributed by atoms with Gasteiger partial charge < -0.3 is 14.6 Å². The third-order valence-electron chi connectivity index (χ3n) is 3.33. The fraction of sp³-hybridized carbons (Fsp3) is 0.312. The maximum absolute atomic E-state index is 12.2. The van der Waals surface area contributed by atoms with E-state index in [2.05, 4.69) is 5.32 Å². The smallest absolute Gasteiger partial charge is 0.341 e. The number of pyridine rings is 1. The molecule has 2 rings (SSSR count). The van der Waals surface area contributed by atoms with Crippen LogP contribution in [0.5, 0.6) is 0 Å². The molecule has 0 spiro atoms. The van der Waals surface area contributed by atoms with Gasteiger partial charge in [-0.3, -0.25) is 9.59 Å². The molecule has 2 heterocycles. The topological polar surface area (TPSA) is 77.4 Å². The van der Waals surface area contributed by atoms with Crippen LogP contribution in [-0.2, 0) is 16.1 Å². The number of ether oxygens (including phenoxy) is 1. The molecule has 2 aromatic heterocycles. The van der Waals surface area contributed by atoms with E-state index in [1.807, 2.05) is 13.8 Å². The number of thiophene rings is 1. The molecule has 23 heavy (non-hydrogen) atoms. The van der Waals surface area contributed by atoms with Gasteiger partial charge in [-0.1, -0.05) is 6.07 Å². The first-order valence-corrected chi connectivity index (χ1v) is 7.98. The predicted molar refractivity (Wildman–Crippen MR) is 89.1 cm³/mol. The number of anilines is 1. The Morgan fingerprint density at radius 1 is 1.30 bits per heavy atom. The van der Waals surface area contributed by atoms with E-state index in [1.54, 1.807) is 25.3 Å². The molecule has 0 saturated heterocycles. The van der Waals surface area contributed by atoms with Crippen molar-refractivity contribution in [3.8, 4) is 0 Å². The molecule has 0 radical (unpaired) electrons. The molecule has 7 heteroatoms. The molecule has 0 unspecified atom stereocenters. The van der Waals surface area contributed by atoms with Gasteiger partial charge in [0.15, 0.2) is 0 Å². The summed E-state index contributed by atoms with van der Waals surface area (Å²) >= 11 is 1.32. The van der Waals surface area contributed by atoms with Gasteiger partial charge in [0, 0.05) is 17.1 Å². The number of amides is 1. The fourth-order valence-electron chi connectivity index (χ4n) is 2.08. The molecule has 1 N–H and O–H groups in total. The van der Waals surface area contributed by atoms with E-state index in [9.17, 15) is 14.4 Å². The maximum Gasteiger partial charge on any atom is 0.341 e. The van der Waals surface area contributed by atoms with Crippen molar-refractivity contribution in [1.29, 1.82) is 0 Å². The molecular formula is C16H18N2O4S. The van der Waals surface area contributed by atoms with E-state index >= 15 is 0 Å². The number of aromatic nitrogens is 1. The summed E-state index contributed by atoms with van der Waals surface area (Å²) in [5, 5.41) is 3.16.